The Kier molecular flexibility index (Phi) is 6.41. The van der Waals surface area contributed by atoms with Gasteiger partial charge < -0.3 is 19.1 Å². The van der Waals surface area contributed by atoms with Crippen molar-refractivity contribution < 1.29 is 28.7 Å². The Morgan fingerprint density at radius 1 is 1.03 bits per heavy atom. The van der Waals surface area contributed by atoms with Crippen molar-refractivity contribution in [3.05, 3.63) is 88.4 Å². The third kappa shape index (κ3) is 4.58. The Bertz CT molecular complexity index is 1100. The number of nitro groups is 1. The molecule has 3 rings (SSSR count). The van der Waals surface area contributed by atoms with Crippen LogP contribution >= 0.6 is 0 Å². The predicted octanol–water partition coefficient (Wildman–Crippen LogP) is 3.27. The molecule has 0 N–H and O–H groups in total. The molecule has 0 saturated carbocycles. The number of rotatable bonds is 6. The summed E-state index contributed by atoms with van der Waals surface area (Å²) in [5, 5.41) is 11.1. The summed E-state index contributed by atoms with van der Waals surface area (Å²) in [7, 11) is 2.42. The van der Waals surface area contributed by atoms with Crippen LogP contribution in [0.15, 0.2) is 78.3 Å². The van der Waals surface area contributed by atoms with E-state index < -0.39 is 16.9 Å². The molecule has 2 heterocycles. The van der Waals surface area contributed by atoms with Gasteiger partial charge in [0.15, 0.2) is 0 Å². The highest BCUT2D eigenvalue weighted by Crippen LogP contribution is 2.31. The fourth-order valence-electron chi connectivity index (χ4n) is 2.75. The van der Waals surface area contributed by atoms with Gasteiger partial charge in [-0.3, -0.25) is 10.1 Å². The second-order valence-corrected chi connectivity index (χ2v) is 6.00. The predicted molar refractivity (Wildman–Crippen MR) is 109 cm³/mol. The van der Waals surface area contributed by atoms with E-state index in [-0.39, 0.29) is 22.8 Å². The summed E-state index contributed by atoms with van der Waals surface area (Å²) >= 11 is 0. The van der Waals surface area contributed by atoms with Crippen molar-refractivity contribution in [2.75, 3.05) is 19.1 Å². The Hall–Kier alpha value is -4.47. The molecule has 0 fully saturated rings. The van der Waals surface area contributed by atoms with Gasteiger partial charge in [-0.05, 0) is 42.5 Å². The van der Waals surface area contributed by atoms with Crippen LogP contribution < -0.4 is 9.64 Å². The zero-order valence-electron chi connectivity index (χ0n) is 16.6. The van der Waals surface area contributed by atoms with E-state index in [2.05, 4.69) is 4.98 Å². The maximum Gasteiger partial charge on any atom is 0.355 e. The molecule has 10 nitrogen and oxygen atoms in total. The molecule has 10 heteroatoms. The first-order valence-electron chi connectivity index (χ1n) is 8.88. The molecule has 31 heavy (non-hydrogen) atoms. The van der Waals surface area contributed by atoms with Gasteiger partial charge in [0.25, 0.3) is 5.88 Å². The summed E-state index contributed by atoms with van der Waals surface area (Å²) in [6.07, 6.45) is 7.64. The number of hydrogen-bond donors (Lipinski definition) is 0. The summed E-state index contributed by atoms with van der Waals surface area (Å²) in [6, 6.07) is 9.04. The van der Waals surface area contributed by atoms with Crippen LogP contribution in [0.4, 0.5) is 11.4 Å². The molecule has 1 aliphatic heterocycles. The average molecular weight is 423 g/mol. The van der Waals surface area contributed by atoms with Crippen LogP contribution in [0, 0.1) is 10.1 Å². The summed E-state index contributed by atoms with van der Waals surface area (Å²) in [4.78, 5) is 40.5. The molecule has 0 amide bonds. The quantitative estimate of drug-likeness (QED) is 0.391. The highest BCUT2D eigenvalue weighted by atomic mass is 16.6. The minimum atomic E-state index is -0.735. The van der Waals surface area contributed by atoms with Crippen molar-refractivity contribution in [1.29, 1.82) is 0 Å². The number of aromatic nitrogens is 1. The van der Waals surface area contributed by atoms with Crippen LogP contribution in [0.2, 0.25) is 0 Å². The number of ether oxygens (including phenoxy) is 3. The third-order valence-corrected chi connectivity index (χ3v) is 4.17. The molecular formula is C21H17N3O7. The monoisotopic (exact) mass is 423 g/mol. The Morgan fingerprint density at radius 2 is 1.74 bits per heavy atom. The van der Waals surface area contributed by atoms with E-state index in [0.29, 0.717) is 11.4 Å². The van der Waals surface area contributed by atoms with E-state index in [0.717, 1.165) is 0 Å². The number of methoxy groups -OCH3 is 2. The lowest BCUT2D eigenvalue weighted by molar-refractivity contribution is -0.386. The minimum absolute atomic E-state index is 0.0174. The van der Waals surface area contributed by atoms with Crippen molar-refractivity contribution in [2.24, 2.45) is 0 Å². The first-order chi connectivity index (χ1) is 15.0. The molecule has 1 aromatic heterocycles. The number of anilines is 1. The lowest BCUT2D eigenvalue weighted by Crippen LogP contribution is -2.26. The van der Waals surface area contributed by atoms with Gasteiger partial charge in [0.05, 0.1) is 24.7 Å². The summed E-state index contributed by atoms with van der Waals surface area (Å²) in [5.41, 5.74) is 0.216. The summed E-state index contributed by atoms with van der Waals surface area (Å²) in [6.45, 7) is 0. The number of benzene rings is 1. The maximum absolute atomic E-state index is 12.4. The molecule has 0 atom stereocenters. The van der Waals surface area contributed by atoms with E-state index in [1.807, 2.05) is 0 Å². The molecule has 0 unspecified atom stereocenters. The number of nitrogens with zero attached hydrogens (tertiary/aromatic N) is 3. The molecule has 158 valence electrons. The molecule has 1 aliphatic rings. The van der Waals surface area contributed by atoms with Gasteiger partial charge >= 0.3 is 17.6 Å². The minimum Gasteiger partial charge on any atom is -0.465 e. The topological polar surface area (TPSA) is 121 Å². The van der Waals surface area contributed by atoms with E-state index in [9.17, 15) is 19.7 Å². The van der Waals surface area contributed by atoms with Crippen LogP contribution in [0.1, 0.15) is 0 Å². The van der Waals surface area contributed by atoms with E-state index >= 15 is 0 Å². The molecule has 0 saturated heterocycles. The number of hydrogen-bond acceptors (Lipinski definition) is 9. The van der Waals surface area contributed by atoms with E-state index in [1.165, 1.54) is 43.5 Å². The normalized spacial score (nSPS) is 12.9. The SMILES string of the molecule is COC(=O)C1=C(C(=O)OC)N(c2ccc(Oc3ncccc3[N+](=O)[O-])cc2)C=CC=C1. The molecular weight excluding hydrogens is 406 g/mol. The van der Waals surface area contributed by atoms with E-state index in [4.69, 9.17) is 14.2 Å². The van der Waals surface area contributed by atoms with Gasteiger partial charge in [0, 0.05) is 24.2 Å². The van der Waals surface area contributed by atoms with Crippen molar-refractivity contribution in [3.63, 3.8) is 0 Å². The molecule has 1 aromatic carbocycles. The van der Waals surface area contributed by atoms with E-state index in [1.54, 1.807) is 42.6 Å². The molecule has 0 radical (unpaired) electrons. The second-order valence-electron chi connectivity index (χ2n) is 6.00. The molecule has 0 spiro atoms. The summed E-state index contributed by atoms with van der Waals surface area (Å²) < 4.78 is 15.2. The van der Waals surface area contributed by atoms with Crippen LogP contribution in [-0.4, -0.2) is 36.1 Å². The zero-order valence-corrected chi connectivity index (χ0v) is 16.6. The van der Waals surface area contributed by atoms with Crippen molar-refractivity contribution >= 4 is 23.3 Å². The Balaban J connectivity index is 1.96. The fraction of sp³-hybridized carbons (Fsp3) is 0.0952. The first kappa shape index (κ1) is 21.2. The Morgan fingerprint density at radius 3 is 2.39 bits per heavy atom. The number of pyridine rings is 1. The van der Waals surface area contributed by atoms with Crippen molar-refractivity contribution in [1.82, 2.24) is 4.98 Å². The number of carbonyl (C=O) groups excluding carboxylic acids is 2. The average Bonchev–Trinajstić information content (AvgIpc) is 3.02. The van der Waals surface area contributed by atoms with Crippen LogP contribution in [0.3, 0.4) is 0 Å². The number of carbonyl (C=O) groups is 2. The zero-order chi connectivity index (χ0) is 22.4. The highest BCUT2D eigenvalue weighted by molar-refractivity contribution is 6.05. The lowest BCUT2D eigenvalue weighted by Gasteiger charge is -2.23. The van der Waals surface area contributed by atoms with Crippen molar-refractivity contribution in [2.45, 2.75) is 0 Å². The summed E-state index contributed by atoms with van der Waals surface area (Å²) in [5.74, 6) is -1.30. The highest BCUT2D eigenvalue weighted by Gasteiger charge is 2.27. The van der Waals surface area contributed by atoms with Crippen molar-refractivity contribution in [3.8, 4) is 11.6 Å². The molecule has 0 aliphatic carbocycles. The maximum atomic E-state index is 12.4. The van der Waals surface area contributed by atoms with Gasteiger partial charge in [0.1, 0.15) is 11.4 Å². The fourth-order valence-corrected chi connectivity index (χ4v) is 2.75. The number of esters is 2. The standard InChI is InChI=1S/C21H17N3O7/c1-29-20(25)16-6-3-4-13-23(18(16)21(26)30-2)14-8-10-15(11-9-14)31-19-17(24(27)28)7-5-12-22-19/h3-13H,1-2H3. The van der Waals surface area contributed by atoms with Gasteiger partial charge in [-0.25, -0.2) is 14.6 Å². The third-order valence-electron chi connectivity index (χ3n) is 4.17. The van der Waals surface area contributed by atoms with Gasteiger partial charge in [0.2, 0.25) is 0 Å². The number of allylic oxidation sites excluding steroid dienone is 2. The van der Waals surface area contributed by atoms with Crippen LogP contribution in [0.5, 0.6) is 11.6 Å². The van der Waals surface area contributed by atoms with Gasteiger partial charge in [-0.15, -0.1) is 0 Å². The van der Waals surface area contributed by atoms with Gasteiger partial charge in [-0.1, -0.05) is 6.08 Å². The van der Waals surface area contributed by atoms with Gasteiger partial charge in [-0.2, -0.15) is 0 Å². The van der Waals surface area contributed by atoms with Crippen LogP contribution in [0.25, 0.3) is 0 Å². The second kappa shape index (κ2) is 9.35. The lowest BCUT2D eigenvalue weighted by atomic mass is 10.1. The largest absolute Gasteiger partial charge is 0.465 e. The molecule has 2 aromatic rings. The molecule has 0 bridgehead atoms. The first-order valence-corrected chi connectivity index (χ1v) is 8.88. The smallest absolute Gasteiger partial charge is 0.355 e. The Labute approximate surface area is 176 Å². The van der Waals surface area contributed by atoms with Crippen LogP contribution in [-0.2, 0) is 19.1 Å².